The zero-order valence-electron chi connectivity index (χ0n) is 12.6. The van der Waals surface area contributed by atoms with Crippen LogP contribution in [0.3, 0.4) is 0 Å². The molecule has 0 aliphatic heterocycles. The Morgan fingerprint density at radius 3 is 2.65 bits per heavy atom. The first-order chi connectivity index (χ1) is 11.0. The van der Waals surface area contributed by atoms with Gasteiger partial charge in [-0.05, 0) is 43.2 Å². The van der Waals surface area contributed by atoms with Crippen LogP contribution < -0.4 is 5.32 Å². The molecule has 0 aliphatic carbocycles. The number of hydrogen-bond acceptors (Lipinski definition) is 4. The Morgan fingerprint density at radius 1 is 1.13 bits per heavy atom. The van der Waals surface area contributed by atoms with Crippen LogP contribution in [0.1, 0.15) is 21.6 Å². The van der Waals surface area contributed by atoms with Crippen LogP contribution in [0.2, 0.25) is 5.02 Å². The van der Waals surface area contributed by atoms with E-state index in [1.165, 1.54) is 11.8 Å². The highest BCUT2D eigenvalue weighted by molar-refractivity contribution is 6.30. The summed E-state index contributed by atoms with van der Waals surface area (Å²) in [4.78, 5) is 16.2. The Kier molecular flexibility index (Phi) is 4.12. The van der Waals surface area contributed by atoms with E-state index in [4.69, 9.17) is 16.1 Å². The Morgan fingerprint density at radius 2 is 1.96 bits per heavy atom. The van der Waals surface area contributed by atoms with E-state index in [9.17, 15) is 4.79 Å². The third kappa shape index (κ3) is 3.40. The van der Waals surface area contributed by atoms with E-state index in [2.05, 4.69) is 15.5 Å². The molecule has 0 aliphatic rings. The van der Waals surface area contributed by atoms with E-state index in [0.717, 1.165) is 11.1 Å². The highest BCUT2D eigenvalue weighted by Gasteiger charge is 2.14. The first-order valence-electron chi connectivity index (χ1n) is 7.00. The van der Waals surface area contributed by atoms with Gasteiger partial charge in [0, 0.05) is 17.8 Å². The Labute approximate surface area is 138 Å². The van der Waals surface area contributed by atoms with Crippen LogP contribution in [0.4, 0.5) is 5.82 Å². The fraction of sp³-hybridized carbons (Fsp3) is 0.118. The van der Waals surface area contributed by atoms with Crippen LogP contribution in [0.25, 0.3) is 11.3 Å². The van der Waals surface area contributed by atoms with Gasteiger partial charge in [-0.1, -0.05) is 28.9 Å². The number of aromatic nitrogens is 2. The summed E-state index contributed by atoms with van der Waals surface area (Å²) in [5, 5.41) is 6.96. The van der Waals surface area contributed by atoms with Gasteiger partial charge in [-0.3, -0.25) is 4.79 Å². The lowest BCUT2D eigenvalue weighted by Crippen LogP contribution is -2.13. The predicted octanol–water partition coefficient (Wildman–Crippen LogP) is 4.26. The van der Waals surface area contributed by atoms with Gasteiger partial charge in [-0.25, -0.2) is 4.98 Å². The van der Waals surface area contributed by atoms with E-state index in [0.29, 0.717) is 16.6 Å². The Hall–Kier alpha value is -2.66. The van der Waals surface area contributed by atoms with Crippen molar-refractivity contribution in [1.82, 2.24) is 10.1 Å². The van der Waals surface area contributed by atoms with Crippen molar-refractivity contribution in [2.45, 2.75) is 13.8 Å². The first-order valence-corrected chi connectivity index (χ1v) is 7.38. The quantitative estimate of drug-likeness (QED) is 0.780. The van der Waals surface area contributed by atoms with Crippen LogP contribution in [-0.2, 0) is 0 Å². The molecule has 1 aromatic carbocycles. The smallest absolute Gasteiger partial charge is 0.279 e. The summed E-state index contributed by atoms with van der Waals surface area (Å²) in [6.07, 6.45) is 1.46. The van der Waals surface area contributed by atoms with E-state index in [1.54, 1.807) is 18.2 Å². The molecule has 3 rings (SSSR count). The van der Waals surface area contributed by atoms with Crippen molar-refractivity contribution in [3.05, 3.63) is 64.4 Å². The summed E-state index contributed by atoms with van der Waals surface area (Å²) in [6, 6.07) is 10.8. The van der Waals surface area contributed by atoms with Crippen molar-refractivity contribution in [3.63, 3.8) is 0 Å². The second-order valence-corrected chi connectivity index (χ2v) is 5.63. The largest absolute Gasteiger partial charge is 0.355 e. The molecule has 0 spiro atoms. The molecule has 0 atom stereocenters. The average molecular weight is 328 g/mol. The lowest BCUT2D eigenvalue weighted by molar-refractivity contribution is 0.101. The number of pyridine rings is 1. The molecule has 0 saturated heterocycles. The van der Waals surface area contributed by atoms with Crippen LogP contribution in [0, 0.1) is 13.8 Å². The maximum atomic E-state index is 12.2. The summed E-state index contributed by atoms with van der Waals surface area (Å²) < 4.78 is 5.27. The molecule has 2 heterocycles. The lowest BCUT2D eigenvalue weighted by atomic mass is 10.0. The predicted molar refractivity (Wildman–Crippen MR) is 88.6 cm³/mol. The number of rotatable bonds is 3. The summed E-state index contributed by atoms with van der Waals surface area (Å²) >= 11 is 5.76. The molecule has 116 valence electrons. The maximum Gasteiger partial charge on any atom is 0.279 e. The Balaban J connectivity index is 1.79. The van der Waals surface area contributed by atoms with Gasteiger partial charge in [-0.2, -0.15) is 0 Å². The number of aryl methyl sites for hydroxylation is 2. The van der Waals surface area contributed by atoms with E-state index < -0.39 is 5.91 Å². The van der Waals surface area contributed by atoms with Crippen molar-refractivity contribution < 1.29 is 9.32 Å². The summed E-state index contributed by atoms with van der Waals surface area (Å²) in [5.74, 6) is 0.552. The fourth-order valence-corrected chi connectivity index (χ4v) is 2.15. The third-order valence-corrected chi connectivity index (χ3v) is 3.73. The van der Waals surface area contributed by atoms with Crippen molar-refractivity contribution in [2.75, 3.05) is 5.32 Å². The molecule has 0 bridgehead atoms. The molecule has 2 aromatic heterocycles. The van der Waals surface area contributed by atoms with Crippen molar-refractivity contribution in [3.8, 4) is 11.3 Å². The first kappa shape index (κ1) is 15.2. The molecule has 1 amide bonds. The Bertz CT molecular complexity index is 857. The monoisotopic (exact) mass is 327 g/mol. The number of benzene rings is 1. The van der Waals surface area contributed by atoms with Crippen molar-refractivity contribution in [2.24, 2.45) is 0 Å². The highest BCUT2D eigenvalue weighted by atomic mass is 35.5. The summed E-state index contributed by atoms with van der Waals surface area (Å²) in [7, 11) is 0. The van der Waals surface area contributed by atoms with Crippen LogP contribution in [-0.4, -0.2) is 16.0 Å². The van der Waals surface area contributed by atoms with Gasteiger partial charge in [0.2, 0.25) is 0 Å². The summed E-state index contributed by atoms with van der Waals surface area (Å²) in [6.45, 7) is 4.06. The zero-order chi connectivity index (χ0) is 16.4. The van der Waals surface area contributed by atoms with Gasteiger partial charge < -0.3 is 9.84 Å². The minimum absolute atomic E-state index is 0.190. The molecular weight excluding hydrogens is 314 g/mol. The number of nitrogens with one attached hydrogen (secondary N) is 1. The topological polar surface area (TPSA) is 68.0 Å². The molecule has 6 heteroatoms. The highest BCUT2D eigenvalue weighted by Crippen LogP contribution is 2.23. The molecule has 0 radical (unpaired) electrons. The maximum absolute atomic E-state index is 12.2. The number of halogens is 1. The van der Waals surface area contributed by atoms with E-state index >= 15 is 0 Å². The fourth-order valence-electron chi connectivity index (χ4n) is 2.04. The number of anilines is 1. The number of amides is 1. The van der Waals surface area contributed by atoms with Crippen molar-refractivity contribution in [1.29, 1.82) is 0 Å². The third-order valence-electron chi connectivity index (χ3n) is 3.50. The number of hydrogen-bond donors (Lipinski definition) is 1. The van der Waals surface area contributed by atoms with Gasteiger partial charge in [0.05, 0.1) is 5.02 Å². The molecule has 0 unspecified atom stereocenters. The van der Waals surface area contributed by atoms with Crippen LogP contribution >= 0.6 is 11.6 Å². The number of carbonyl (C=O) groups excluding carboxylic acids is 1. The zero-order valence-corrected chi connectivity index (χ0v) is 13.4. The second-order valence-electron chi connectivity index (χ2n) is 5.19. The number of carbonyl (C=O) groups is 1. The van der Waals surface area contributed by atoms with Gasteiger partial charge in [0.25, 0.3) is 5.91 Å². The normalized spacial score (nSPS) is 10.6. The second kappa shape index (κ2) is 6.22. The minimum Gasteiger partial charge on any atom is -0.355 e. The molecule has 23 heavy (non-hydrogen) atoms. The number of nitrogens with zero attached hydrogens (tertiary/aromatic N) is 2. The van der Waals surface area contributed by atoms with Crippen LogP contribution in [0.5, 0.6) is 0 Å². The SMILES string of the molecule is Cc1ccc(-c2cc(C(=O)Nc3ccc(Cl)cn3)no2)cc1C. The van der Waals surface area contributed by atoms with Gasteiger partial charge in [-0.15, -0.1) is 0 Å². The molecule has 1 N–H and O–H groups in total. The molecule has 3 aromatic rings. The summed E-state index contributed by atoms with van der Waals surface area (Å²) in [5.41, 5.74) is 3.41. The van der Waals surface area contributed by atoms with Gasteiger partial charge in [0.15, 0.2) is 11.5 Å². The average Bonchev–Trinajstić information content (AvgIpc) is 3.02. The molecule has 0 saturated carbocycles. The molecular formula is C17H14ClN3O2. The van der Waals surface area contributed by atoms with Gasteiger partial charge >= 0.3 is 0 Å². The van der Waals surface area contributed by atoms with Crippen LogP contribution in [0.15, 0.2) is 47.1 Å². The van der Waals surface area contributed by atoms with E-state index in [-0.39, 0.29) is 5.69 Å². The standard InChI is InChI=1S/C17H14ClN3O2/c1-10-3-4-12(7-11(10)2)15-8-14(21-23-15)17(22)20-16-6-5-13(18)9-19-16/h3-9H,1-2H3,(H,19,20,22). The van der Waals surface area contributed by atoms with E-state index in [1.807, 2.05) is 32.0 Å². The molecule has 5 nitrogen and oxygen atoms in total. The minimum atomic E-state index is -0.390. The van der Waals surface area contributed by atoms with Crippen molar-refractivity contribution >= 4 is 23.3 Å². The van der Waals surface area contributed by atoms with Gasteiger partial charge in [0.1, 0.15) is 5.82 Å². The molecule has 0 fully saturated rings. The lowest BCUT2D eigenvalue weighted by Gasteiger charge is -2.01.